The Morgan fingerprint density at radius 3 is 1.88 bits per heavy atom. The smallest absolute Gasteiger partial charge is 0.315 e. The zero-order chi connectivity index (χ0) is 30.4. The quantitative estimate of drug-likeness (QED) is 0.226. The molecule has 1 N–H and O–H groups in total. The zero-order valence-corrected chi connectivity index (χ0v) is 25.7. The fourth-order valence-electron chi connectivity index (χ4n) is 3.48. The number of carboxylic acid groups (broad SMARTS) is 1. The molecule has 0 radical (unpaired) electrons. The average molecular weight is 630 g/mol. The van der Waals surface area contributed by atoms with Crippen molar-refractivity contribution in [1.82, 2.24) is 14.7 Å². The standard InChI is InChI=1S/C23H39N3O11S3/c1-5-24(21(30)38(4)33)11-9-20(29)37-16-40(35)23(32)26(7-3)12-13-36-18-14-17(18)15-39(34)22(31)25(6-2)10-8-19(27)28/h17-18H,5-16H2,1-4H3,(H,27,28). The highest BCUT2D eigenvalue weighted by Crippen LogP contribution is 2.34. The molecule has 0 aliphatic heterocycles. The second-order valence-electron chi connectivity index (χ2n) is 8.78. The molecule has 5 unspecified atom stereocenters. The van der Waals surface area contributed by atoms with Gasteiger partial charge in [0, 0.05) is 51.3 Å². The fourth-order valence-corrected chi connectivity index (χ4v) is 6.31. The molecule has 0 saturated heterocycles. The summed E-state index contributed by atoms with van der Waals surface area (Å²) in [5.41, 5.74) is 0. The van der Waals surface area contributed by atoms with E-state index in [0.717, 1.165) is 0 Å². The molecule has 1 aliphatic carbocycles. The van der Waals surface area contributed by atoms with Crippen LogP contribution in [0.1, 0.15) is 40.0 Å². The maximum absolute atomic E-state index is 12.5. The van der Waals surface area contributed by atoms with E-state index < -0.39 is 66.0 Å². The fraction of sp³-hybridized carbons (Fsp3) is 0.783. The third-order valence-corrected chi connectivity index (χ3v) is 9.09. The predicted molar refractivity (Wildman–Crippen MR) is 149 cm³/mol. The summed E-state index contributed by atoms with van der Waals surface area (Å²) in [5, 5.41) is 6.84. The molecule has 230 valence electrons. The van der Waals surface area contributed by atoms with Crippen molar-refractivity contribution in [2.45, 2.75) is 46.1 Å². The van der Waals surface area contributed by atoms with E-state index in [1.165, 1.54) is 21.0 Å². The van der Waals surface area contributed by atoms with Gasteiger partial charge in [-0.15, -0.1) is 0 Å². The Bertz CT molecular complexity index is 994. The molecule has 0 bridgehead atoms. The number of nitrogens with zero attached hydrogens (tertiary/aromatic N) is 3. The van der Waals surface area contributed by atoms with Crippen LogP contribution in [0, 0.1) is 5.92 Å². The van der Waals surface area contributed by atoms with Gasteiger partial charge in [0.15, 0.2) is 5.94 Å². The molecule has 1 fully saturated rings. The second-order valence-corrected chi connectivity index (χ2v) is 12.7. The molecule has 3 amide bonds. The van der Waals surface area contributed by atoms with Crippen LogP contribution in [0.5, 0.6) is 0 Å². The minimum absolute atomic E-state index is 0.0109. The molecule has 0 spiro atoms. The Labute approximate surface area is 241 Å². The third-order valence-electron chi connectivity index (χ3n) is 5.98. The molecule has 17 heteroatoms. The third kappa shape index (κ3) is 12.5. The zero-order valence-electron chi connectivity index (χ0n) is 23.2. The highest BCUT2D eigenvalue weighted by molar-refractivity contribution is 8.00. The van der Waals surface area contributed by atoms with Gasteiger partial charge in [-0.2, -0.15) is 0 Å². The summed E-state index contributed by atoms with van der Waals surface area (Å²) in [6.07, 6.45) is 1.18. The number of carboxylic acids is 1. The molecule has 5 atom stereocenters. The Kier molecular flexibility index (Phi) is 16.3. The van der Waals surface area contributed by atoms with Gasteiger partial charge in [0.05, 0.1) is 25.6 Å². The molecule has 1 saturated carbocycles. The van der Waals surface area contributed by atoms with E-state index in [1.54, 1.807) is 20.8 Å². The van der Waals surface area contributed by atoms with Crippen LogP contribution >= 0.6 is 0 Å². The van der Waals surface area contributed by atoms with Crippen LogP contribution < -0.4 is 0 Å². The lowest BCUT2D eigenvalue weighted by Gasteiger charge is -2.20. The topological polar surface area (TPSA) is 185 Å². The summed E-state index contributed by atoms with van der Waals surface area (Å²) in [5.74, 6) is -2.43. The Hall–Kier alpha value is -2.24. The van der Waals surface area contributed by atoms with Crippen molar-refractivity contribution in [2.24, 2.45) is 5.92 Å². The van der Waals surface area contributed by atoms with Crippen LogP contribution in [-0.4, -0.2) is 130 Å². The summed E-state index contributed by atoms with van der Waals surface area (Å²) >= 11 is 0. The van der Waals surface area contributed by atoms with Gasteiger partial charge in [-0.25, -0.2) is 12.6 Å². The van der Waals surface area contributed by atoms with Crippen molar-refractivity contribution in [2.75, 3.05) is 63.8 Å². The number of aliphatic carboxylic acids is 1. The number of amides is 3. The molecule has 0 aromatic carbocycles. The summed E-state index contributed by atoms with van der Waals surface area (Å²) < 4.78 is 46.7. The van der Waals surface area contributed by atoms with Crippen LogP contribution in [-0.2, 0) is 51.5 Å². The first-order valence-electron chi connectivity index (χ1n) is 12.8. The lowest BCUT2D eigenvalue weighted by Crippen LogP contribution is -2.37. The average Bonchev–Trinajstić information content (AvgIpc) is 3.66. The lowest BCUT2D eigenvalue weighted by atomic mass is 10.4. The number of carbonyl (C=O) groups excluding carboxylic acids is 4. The van der Waals surface area contributed by atoms with Crippen LogP contribution in [0.15, 0.2) is 0 Å². The first kappa shape index (κ1) is 35.8. The summed E-state index contributed by atoms with van der Waals surface area (Å²) in [7, 11) is -5.66. The van der Waals surface area contributed by atoms with Crippen molar-refractivity contribution in [3.05, 3.63) is 0 Å². The first-order chi connectivity index (χ1) is 18.9. The Balaban J connectivity index is 2.38. The molecule has 14 nitrogen and oxygen atoms in total. The number of rotatable bonds is 17. The minimum atomic E-state index is -2.14. The van der Waals surface area contributed by atoms with E-state index in [4.69, 9.17) is 14.6 Å². The van der Waals surface area contributed by atoms with Gasteiger partial charge in [-0.3, -0.25) is 24.0 Å². The number of hydrogen-bond acceptors (Lipinski definition) is 10. The van der Waals surface area contributed by atoms with E-state index in [1.807, 2.05) is 0 Å². The van der Waals surface area contributed by atoms with Gasteiger partial charge in [0.1, 0.15) is 32.4 Å². The van der Waals surface area contributed by atoms with Crippen molar-refractivity contribution in [1.29, 1.82) is 0 Å². The molecule has 1 rings (SSSR count). The van der Waals surface area contributed by atoms with Gasteiger partial charge in [0.2, 0.25) is 0 Å². The molecule has 0 aromatic rings. The summed E-state index contributed by atoms with van der Waals surface area (Å²) in [6.45, 7) is 6.01. The highest BCUT2D eigenvalue weighted by Gasteiger charge is 2.41. The Morgan fingerprint density at radius 1 is 0.800 bits per heavy atom. The van der Waals surface area contributed by atoms with Gasteiger partial charge in [-0.1, -0.05) is 0 Å². The highest BCUT2D eigenvalue weighted by atomic mass is 32.2. The van der Waals surface area contributed by atoms with Crippen molar-refractivity contribution < 1.29 is 51.2 Å². The van der Waals surface area contributed by atoms with Crippen molar-refractivity contribution in [3.63, 3.8) is 0 Å². The SMILES string of the molecule is CCN(CCC(=O)OCS(=O)C(=O)N(CC)CCOC1CC1CS(=O)C(=O)N(CC)CCC(=O)O)C(=O)S(C)=O. The van der Waals surface area contributed by atoms with E-state index in [-0.39, 0.29) is 76.5 Å². The predicted octanol–water partition coefficient (Wildman–Crippen LogP) is 0.959. The molecular weight excluding hydrogens is 590 g/mol. The van der Waals surface area contributed by atoms with Crippen LogP contribution in [0.2, 0.25) is 0 Å². The van der Waals surface area contributed by atoms with Crippen LogP contribution in [0.4, 0.5) is 14.4 Å². The maximum Gasteiger partial charge on any atom is 0.315 e. The molecule has 0 heterocycles. The summed E-state index contributed by atoms with van der Waals surface area (Å²) in [6, 6.07) is 0. The molecular formula is C23H39N3O11S3. The number of hydrogen-bond donors (Lipinski definition) is 1. The Morgan fingerprint density at radius 2 is 1.32 bits per heavy atom. The summed E-state index contributed by atoms with van der Waals surface area (Å²) in [4.78, 5) is 63.1. The van der Waals surface area contributed by atoms with Gasteiger partial charge >= 0.3 is 27.7 Å². The lowest BCUT2D eigenvalue weighted by molar-refractivity contribution is -0.141. The maximum atomic E-state index is 12.5. The number of carbonyl (C=O) groups is 5. The molecule has 0 aromatic heterocycles. The van der Waals surface area contributed by atoms with Crippen LogP contribution in [0.3, 0.4) is 0 Å². The molecule has 1 aliphatic rings. The largest absolute Gasteiger partial charge is 0.481 e. The van der Waals surface area contributed by atoms with Crippen molar-refractivity contribution in [3.8, 4) is 0 Å². The van der Waals surface area contributed by atoms with Crippen LogP contribution in [0.25, 0.3) is 0 Å². The monoisotopic (exact) mass is 629 g/mol. The first-order valence-corrected chi connectivity index (χ1v) is 17.0. The van der Waals surface area contributed by atoms with E-state index >= 15 is 0 Å². The molecule has 40 heavy (non-hydrogen) atoms. The number of likely N-dealkylation sites (N-methyl/N-ethyl adjacent to an activating group) is 1. The van der Waals surface area contributed by atoms with E-state index in [9.17, 15) is 36.6 Å². The second kappa shape index (κ2) is 18.2. The number of ether oxygens (including phenoxy) is 2. The van der Waals surface area contributed by atoms with Gasteiger partial charge < -0.3 is 29.3 Å². The van der Waals surface area contributed by atoms with Gasteiger partial charge in [0.25, 0.3) is 0 Å². The number of esters is 1. The van der Waals surface area contributed by atoms with E-state index in [0.29, 0.717) is 6.42 Å². The van der Waals surface area contributed by atoms with Crippen molar-refractivity contribution >= 4 is 60.1 Å². The van der Waals surface area contributed by atoms with E-state index in [2.05, 4.69) is 0 Å². The minimum Gasteiger partial charge on any atom is -0.481 e. The normalized spacial score (nSPS) is 18.2. The van der Waals surface area contributed by atoms with Gasteiger partial charge in [-0.05, 0) is 33.1 Å².